The third kappa shape index (κ3) is 2.15. The van der Waals surface area contributed by atoms with Gasteiger partial charge in [-0.05, 0) is 37.3 Å². The van der Waals surface area contributed by atoms with Gasteiger partial charge in [-0.2, -0.15) is 0 Å². The number of benzene rings is 1. The number of halogens is 1. The Labute approximate surface area is 116 Å². The Kier molecular flexibility index (Phi) is 2.87. The molecule has 96 valence electrons. The van der Waals surface area contributed by atoms with E-state index in [-0.39, 0.29) is 6.04 Å². The van der Waals surface area contributed by atoms with Crippen LogP contribution in [0.1, 0.15) is 18.2 Å². The van der Waals surface area contributed by atoms with E-state index in [4.69, 9.17) is 17.3 Å². The van der Waals surface area contributed by atoms with Crippen LogP contribution in [0.15, 0.2) is 46.5 Å². The summed E-state index contributed by atoms with van der Waals surface area (Å²) in [5.74, 6) is 0.505. The molecule has 1 aliphatic rings. The SMILES string of the molecule is CC1N=C(c2ccc[nH]2)c2cc(Cl)ccc2N=C1N. The van der Waals surface area contributed by atoms with Gasteiger partial charge < -0.3 is 10.7 Å². The average Bonchev–Trinajstić information content (AvgIpc) is 2.87. The Morgan fingerprint density at radius 2 is 2.16 bits per heavy atom. The molecule has 1 aromatic heterocycles. The summed E-state index contributed by atoms with van der Waals surface area (Å²) in [6.07, 6.45) is 1.86. The van der Waals surface area contributed by atoms with Gasteiger partial charge in [0.05, 0.1) is 17.1 Å². The second-order valence-electron chi connectivity index (χ2n) is 4.44. The number of H-pyrrole nitrogens is 1. The van der Waals surface area contributed by atoms with Gasteiger partial charge in [-0.1, -0.05) is 11.6 Å². The van der Waals surface area contributed by atoms with Crippen molar-refractivity contribution in [3.8, 4) is 0 Å². The summed E-state index contributed by atoms with van der Waals surface area (Å²) in [7, 11) is 0. The quantitative estimate of drug-likeness (QED) is 0.824. The van der Waals surface area contributed by atoms with Gasteiger partial charge in [0.25, 0.3) is 0 Å². The molecule has 1 unspecified atom stereocenters. The van der Waals surface area contributed by atoms with Crippen LogP contribution in [-0.4, -0.2) is 22.6 Å². The number of amidine groups is 1. The van der Waals surface area contributed by atoms with Gasteiger partial charge in [-0.25, -0.2) is 4.99 Å². The zero-order chi connectivity index (χ0) is 13.4. The van der Waals surface area contributed by atoms with Crippen LogP contribution in [-0.2, 0) is 0 Å². The first-order valence-corrected chi connectivity index (χ1v) is 6.38. The first-order valence-electron chi connectivity index (χ1n) is 6.00. The minimum atomic E-state index is -0.163. The standard InChI is InChI=1S/C14H13ClN4/c1-8-14(16)19-11-5-4-9(15)7-10(11)13(18-8)12-3-2-6-17-12/h2-8,17H,1H3,(H2,16,19). The van der Waals surface area contributed by atoms with E-state index in [1.807, 2.05) is 37.4 Å². The number of nitrogens with two attached hydrogens (primary N) is 1. The van der Waals surface area contributed by atoms with Gasteiger partial charge in [0.2, 0.25) is 0 Å². The van der Waals surface area contributed by atoms with E-state index in [2.05, 4.69) is 15.0 Å². The van der Waals surface area contributed by atoms with E-state index in [1.165, 1.54) is 0 Å². The first kappa shape index (κ1) is 12.0. The number of hydrogen-bond acceptors (Lipinski definition) is 3. The van der Waals surface area contributed by atoms with Crippen LogP contribution in [0, 0.1) is 0 Å². The van der Waals surface area contributed by atoms with Crippen molar-refractivity contribution in [1.29, 1.82) is 0 Å². The Balaban J connectivity index is 2.26. The summed E-state index contributed by atoms with van der Waals surface area (Å²) < 4.78 is 0. The lowest BCUT2D eigenvalue weighted by Gasteiger charge is -2.07. The minimum Gasteiger partial charge on any atom is -0.385 e. The van der Waals surface area contributed by atoms with E-state index >= 15 is 0 Å². The number of hydrogen-bond donors (Lipinski definition) is 2. The van der Waals surface area contributed by atoms with E-state index in [0.717, 1.165) is 22.7 Å². The fourth-order valence-corrected chi connectivity index (χ4v) is 2.22. The molecule has 0 bridgehead atoms. The summed E-state index contributed by atoms with van der Waals surface area (Å²) in [5.41, 5.74) is 9.39. The molecule has 5 heteroatoms. The smallest absolute Gasteiger partial charge is 0.124 e. The van der Waals surface area contributed by atoms with Crippen molar-refractivity contribution in [2.45, 2.75) is 13.0 Å². The number of aromatic nitrogens is 1. The third-order valence-electron chi connectivity index (χ3n) is 3.07. The molecule has 1 aliphatic heterocycles. The Morgan fingerprint density at radius 3 is 2.89 bits per heavy atom. The van der Waals surface area contributed by atoms with E-state index in [9.17, 15) is 0 Å². The summed E-state index contributed by atoms with van der Waals surface area (Å²) in [5, 5.41) is 0.654. The van der Waals surface area contributed by atoms with E-state index < -0.39 is 0 Å². The van der Waals surface area contributed by atoms with Crippen molar-refractivity contribution in [2.75, 3.05) is 0 Å². The van der Waals surface area contributed by atoms with Crippen LogP contribution in [0.5, 0.6) is 0 Å². The van der Waals surface area contributed by atoms with Crippen molar-refractivity contribution in [3.05, 3.63) is 52.8 Å². The van der Waals surface area contributed by atoms with Gasteiger partial charge >= 0.3 is 0 Å². The van der Waals surface area contributed by atoms with Crippen molar-refractivity contribution in [1.82, 2.24) is 4.98 Å². The fourth-order valence-electron chi connectivity index (χ4n) is 2.05. The molecule has 0 amide bonds. The topological polar surface area (TPSA) is 66.5 Å². The Morgan fingerprint density at radius 1 is 1.32 bits per heavy atom. The normalized spacial score (nSPS) is 18.3. The average molecular weight is 273 g/mol. The molecule has 0 aliphatic carbocycles. The lowest BCUT2D eigenvalue weighted by molar-refractivity contribution is 0.964. The molecule has 2 heterocycles. The Hall–Kier alpha value is -2.07. The molecule has 0 saturated carbocycles. The lowest BCUT2D eigenvalue weighted by Crippen LogP contribution is -2.24. The summed E-state index contributed by atoms with van der Waals surface area (Å²) >= 11 is 6.08. The van der Waals surface area contributed by atoms with E-state index in [0.29, 0.717) is 10.9 Å². The molecule has 0 spiro atoms. The van der Waals surface area contributed by atoms with Gasteiger partial charge in [0, 0.05) is 16.8 Å². The zero-order valence-electron chi connectivity index (χ0n) is 10.4. The second kappa shape index (κ2) is 4.55. The molecule has 1 aromatic carbocycles. The zero-order valence-corrected chi connectivity index (χ0v) is 11.1. The van der Waals surface area contributed by atoms with Crippen molar-refractivity contribution in [3.63, 3.8) is 0 Å². The maximum absolute atomic E-state index is 6.08. The number of fused-ring (bicyclic) bond motifs is 1. The molecule has 3 rings (SSSR count). The van der Waals surface area contributed by atoms with Crippen LogP contribution in [0.4, 0.5) is 5.69 Å². The molecule has 1 atom stereocenters. The molecule has 19 heavy (non-hydrogen) atoms. The fraction of sp³-hybridized carbons (Fsp3) is 0.143. The molecule has 0 radical (unpaired) electrons. The minimum absolute atomic E-state index is 0.163. The van der Waals surface area contributed by atoms with Crippen molar-refractivity contribution in [2.24, 2.45) is 15.7 Å². The maximum Gasteiger partial charge on any atom is 0.124 e. The molecule has 3 N–H and O–H groups in total. The summed E-state index contributed by atoms with van der Waals surface area (Å²) in [4.78, 5) is 12.2. The van der Waals surface area contributed by atoms with Crippen molar-refractivity contribution < 1.29 is 0 Å². The molecular formula is C14H13ClN4. The van der Waals surface area contributed by atoms with Gasteiger partial charge in [-0.3, -0.25) is 4.99 Å². The predicted molar refractivity (Wildman–Crippen MR) is 78.6 cm³/mol. The Bertz CT molecular complexity index is 671. The van der Waals surface area contributed by atoms with Crippen molar-refractivity contribution >= 4 is 28.8 Å². The van der Waals surface area contributed by atoms with Crippen LogP contribution in [0.3, 0.4) is 0 Å². The van der Waals surface area contributed by atoms with Gasteiger partial charge in [0.15, 0.2) is 0 Å². The van der Waals surface area contributed by atoms with E-state index in [1.54, 1.807) is 6.07 Å². The van der Waals surface area contributed by atoms with Crippen LogP contribution >= 0.6 is 11.6 Å². The molecule has 2 aromatic rings. The van der Waals surface area contributed by atoms with Crippen LogP contribution in [0.25, 0.3) is 0 Å². The molecular weight excluding hydrogens is 260 g/mol. The molecule has 0 fully saturated rings. The number of rotatable bonds is 1. The third-order valence-corrected chi connectivity index (χ3v) is 3.30. The van der Waals surface area contributed by atoms with Gasteiger partial charge in [0.1, 0.15) is 11.9 Å². The maximum atomic E-state index is 6.08. The number of aliphatic imine (C=N–C) groups is 2. The highest BCUT2D eigenvalue weighted by Gasteiger charge is 2.19. The first-order chi connectivity index (χ1) is 9.15. The summed E-state index contributed by atoms with van der Waals surface area (Å²) in [6, 6.07) is 9.27. The summed E-state index contributed by atoms with van der Waals surface area (Å²) in [6.45, 7) is 1.93. The monoisotopic (exact) mass is 272 g/mol. The van der Waals surface area contributed by atoms with Gasteiger partial charge in [-0.15, -0.1) is 0 Å². The highest BCUT2D eigenvalue weighted by Crippen LogP contribution is 2.28. The largest absolute Gasteiger partial charge is 0.385 e. The number of aromatic amines is 1. The molecule has 0 saturated heterocycles. The predicted octanol–water partition coefficient (Wildman–Crippen LogP) is 2.90. The van der Waals surface area contributed by atoms with Crippen LogP contribution in [0.2, 0.25) is 5.02 Å². The lowest BCUT2D eigenvalue weighted by atomic mass is 10.1. The second-order valence-corrected chi connectivity index (χ2v) is 4.87. The highest BCUT2D eigenvalue weighted by molar-refractivity contribution is 6.31. The number of nitrogens with one attached hydrogen (secondary N) is 1. The van der Waals surface area contributed by atoms with Crippen LogP contribution < -0.4 is 5.73 Å². The number of nitrogens with zero attached hydrogens (tertiary/aromatic N) is 2. The molecule has 4 nitrogen and oxygen atoms in total. The highest BCUT2D eigenvalue weighted by atomic mass is 35.5.